The molecule has 0 saturated heterocycles. The van der Waals surface area contributed by atoms with Crippen molar-refractivity contribution < 1.29 is 17.2 Å². The summed E-state index contributed by atoms with van der Waals surface area (Å²) in [5.74, 6) is -1.91. The maximum absolute atomic E-state index is 13.8. The Morgan fingerprint density at radius 1 is 0.962 bits per heavy atom. The Morgan fingerprint density at radius 3 is 2.27 bits per heavy atom. The zero-order valence-electron chi connectivity index (χ0n) is 14.2. The minimum Gasteiger partial charge on any atom is -0.292 e. The largest absolute Gasteiger partial charge is 0.329 e. The summed E-state index contributed by atoms with van der Waals surface area (Å²) in [6.45, 7) is 4.53. The summed E-state index contributed by atoms with van der Waals surface area (Å²) in [5.41, 5.74) is 1.18. The van der Waals surface area contributed by atoms with Crippen molar-refractivity contribution in [3.05, 3.63) is 58.5 Å². The Balaban J connectivity index is 2.09. The quantitative estimate of drug-likeness (QED) is 0.739. The number of hydrogen-bond acceptors (Lipinski definition) is 3. The molecule has 0 bridgehead atoms. The molecule has 1 N–H and O–H groups in total. The third kappa shape index (κ3) is 2.98. The number of aromatic nitrogens is 2. The molecule has 1 aromatic heterocycles. The van der Waals surface area contributed by atoms with E-state index >= 15 is 0 Å². The van der Waals surface area contributed by atoms with Crippen molar-refractivity contribution in [2.24, 2.45) is 0 Å². The van der Waals surface area contributed by atoms with Crippen LogP contribution in [0.1, 0.15) is 13.8 Å². The highest BCUT2D eigenvalue weighted by Crippen LogP contribution is 2.23. The van der Waals surface area contributed by atoms with E-state index in [-0.39, 0.29) is 11.4 Å². The van der Waals surface area contributed by atoms with Crippen LogP contribution in [-0.4, -0.2) is 17.6 Å². The molecule has 6 nitrogen and oxygen atoms in total. The zero-order valence-corrected chi connectivity index (χ0v) is 15.0. The smallest absolute Gasteiger partial charge is 0.292 e. The number of nitrogens with zero attached hydrogens (tertiary/aromatic N) is 2. The third-order valence-electron chi connectivity index (χ3n) is 4.09. The van der Waals surface area contributed by atoms with Gasteiger partial charge in [-0.05, 0) is 50.2 Å². The predicted octanol–water partition coefficient (Wildman–Crippen LogP) is 2.92. The number of hydrogen-bond donors (Lipinski definition) is 1. The number of fused-ring (bicyclic) bond motifs is 1. The first-order valence-electron chi connectivity index (χ1n) is 7.99. The standard InChI is InChI=1S/C17H17F2N3O3S/c1-3-21-14-8-6-12(10-15(14)22(4-2)17(21)23)20-26(24,25)16-9-11(18)5-7-13(16)19/h5-10,20H,3-4H2,1-2H3. The van der Waals surface area contributed by atoms with Gasteiger partial charge >= 0.3 is 5.69 Å². The molecule has 0 unspecified atom stereocenters. The molecule has 1 heterocycles. The van der Waals surface area contributed by atoms with E-state index in [4.69, 9.17) is 0 Å². The minimum absolute atomic E-state index is 0.150. The van der Waals surface area contributed by atoms with Gasteiger partial charge in [0.25, 0.3) is 10.0 Å². The van der Waals surface area contributed by atoms with Crippen molar-refractivity contribution in [2.75, 3.05) is 4.72 Å². The monoisotopic (exact) mass is 381 g/mol. The fourth-order valence-electron chi connectivity index (χ4n) is 2.89. The van der Waals surface area contributed by atoms with Crippen LogP contribution in [0.15, 0.2) is 46.1 Å². The molecule has 0 aliphatic heterocycles. The van der Waals surface area contributed by atoms with Gasteiger partial charge in [-0.2, -0.15) is 0 Å². The van der Waals surface area contributed by atoms with Gasteiger partial charge in [0.1, 0.15) is 16.5 Å². The number of rotatable bonds is 5. The van der Waals surface area contributed by atoms with Crippen molar-refractivity contribution in [2.45, 2.75) is 31.8 Å². The van der Waals surface area contributed by atoms with Crippen molar-refractivity contribution in [1.82, 2.24) is 9.13 Å². The maximum atomic E-state index is 13.8. The summed E-state index contributed by atoms with van der Waals surface area (Å²) < 4.78 is 57.2. The lowest BCUT2D eigenvalue weighted by atomic mass is 10.3. The van der Waals surface area contributed by atoms with Crippen molar-refractivity contribution in [3.8, 4) is 0 Å². The molecule has 0 aliphatic rings. The normalized spacial score (nSPS) is 11.8. The van der Waals surface area contributed by atoms with Gasteiger partial charge in [0.15, 0.2) is 0 Å². The Labute approximate surface area is 148 Å². The molecule has 0 amide bonds. The van der Waals surface area contributed by atoms with E-state index in [1.165, 1.54) is 16.7 Å². The molecule has 26 heavy (non-hydrogen) atoms. The van der Waals surface area contributed by atoms with Crippen molar-refractivity contribution in [1.29, 1.82) is 0 Å². The van der Waals surface area contributed by atoms with Crippen LogP contribution >= 0.6 is 0 Å². The topological polar surface area (TPSA) is 73.1 Å². The van der Waals surface area contributed by atoms with E-state index in [9.17, 15) is 22.0 Å². The number of benzene rings is 2. The fourth-order valence-corrected chi connectivity index (χ4v) is 4.03. The highest BCUT2D eigenvalue weighted by Gasteiger charge is 2.21. The first kappa shape index (κ1) is 18.1. The molecule has 0 spiro atoms. The highest BCUT2D eigenvalue weighted by atomic mass is 32.2. The molecule has 3 aromatic rings. The SMILES string of the molecule is CCn1c(=O)n(CC)c2cc(NS(=O)(=O)c3cc(F)ccc3F)ccc21. The lowest BCUT2D eigenvalue weighted by molar-refractivity contribution is 0.555. The summed E-state index contributed by atoms with van der Waals surface area (Å²) >= 11 is 0. The van der Waals surface area contributed by atoms with Crippen LogP contribution in [0, 0.1) is 11.6 Å². The molecule has 0 saturated carbocycles. The molecule has 0 fully saturated rings. The zero-order chi connectivity index (χ0) is 19.1. The fraction of sp³-hybridized carbons (Fsp3) is 0.235. The van der Waals surface area contributed by atoms with E-state index in [1.54, 1.807) is 17.6 Å². The molecular formula is C17H17F2N3O3S. The molecule has 0 atom stereocenters. The van der Waals surface area contributed by atoms with E-state index in [0.29, 0.717) is 30.2 Å². The Bertz CT molecular complexity index is 1150. The van der Waals surface area contributed by atoms with E-state index < -0.39 is 26.6 Å². The van der Waals surface area contributed by atoms with Crippen LogP contribution in [-0.2, 0) is 23.1 Å². The third-order valence-corrected chi connectivity index (χ3v) is 5.48. The van der Waals surface area contributed by atoms with Crippen LogP contribution < -0.4 is 10.4 Å². The van der Waals surface area contributed by atoms with E-state index in [0.717, 1.165) is 12.1 Å². The van der Waals surface area contributed by atoms with Crippen LogP contribution in [0.5, 0.6) is 0 Å². The molecule has 138 valence electrons. The second-order valence-electron chi connectivity index (χ2n) is 5.65. The second kappa shape index (κ2) is 6.56. The number of sulfonamides is 1. The first-order valence-corrected chi connectivity index (χ1v) is 9.47. The lowest BCUT2D eigenvalue weighted by Gasteiger charge is -2.10. The average molecular weight is 381 g/mol. The van der Waals surface area contributed by atoms with Crippen LogP contribution in [0.2, 0.25) is 0 Å². The number of anilines is 1. The van der Waals surface area contributed by atoms with Gasteiger partial charge in [0, 0.05) is 13.1 Å². The molecule has 0 radical (unpaired) electrons. The van der Waals surface area contributed by atoms with Crippen molar-refractivity contribution in [3.63, 3.8) is 0 Å². The Morgan fingerprint density at radius 2 is 1.62 bits per heavy atom. The predicted molar refractivity (Wildman–Crippen MR) is 94.7 cm³/mol. The van der Waals surface area contributed by atoms with Gasteiger partial charge < -0.3 is 0 Å². The molecular weight excluding hydrogens is 364 g/mol. The molecule has 9 heteroatoms. The highest BCUT2D eigenvalue weighted by molar-refractivity contribution is 7.92. The van der Waals surface area contributed by atoms with Crippen LogP contribution in [0.4, 0.5) is 14.5 Å². The number of imidazole rings is 1. The Hall–Kier alpha value is -2.68. The number of nitrogens with one attached hydrogen (secondary N) is 1. The molecule has 3 rings (SSSR count). The maximum Gasteiger partial charge on any atom is 0.329 e. The molecule has 2 aromatic carbocycles. The average Bonchev–Trinajstić information content (AvgIpc) is 2.86. The van der Waals surface area contributed by atoms with Gasteiger partial charge in [-0.3, -0.25) is 13.9 Å². The second-order valence-corrected chi connectivity index (χ2v) is 7.31. The van der Waals surface area contributed by atoms with Gasteiger partial charge in [-0.25, -0.2) is 22.0 Å². The molecule has 0 aliphatic carbocycles. The number of halogens is 2. The minimum atomic E-state index is -4.32. The van der Waals surface area contributed by atoms with Crippen LogP contribution in [0.3, 0.4) is 0 Å². The first-order chi connectivity index (χ1) is 12.3. The van der Waals surface area contributed by atoms with Gasteiger partial charge in [-0.1, -0.05) is 0 Å². The van der Waals surface area contributed by atoms with E-state index in [1.807, 2.05) is 6.92 Å². The van der Waals surface area contributed by atoms with Crippen LogP contribution in [0.25, 0.3) is 11.0 Å². The summed E-state index contributed by atoms with van der Waals surface area (Å²) in [5, 5.41) is 0. The summed E-state index contributed by atoms with van der Waals surface area (Å²) in [4.78, 5) is 11.6. The van der Waals surface area contributed by atoms with Gasteiger partial charge in [0.05, 0.1) is 16.7 Å². The van der Waals surface area contributed by atoms with Crippen molar-refractivity contribution >= 4 is 26.7 Å². The number of aryl methyl sites for hydroxylation is 2. The summed E-state index contributed by atoms with van der Waals surface area (Å²) in [6.07, 6.45) is 0. The lowest BCUT2D eigenvalue weighted by Crippen LogP contribution is -2.23. The summed E-state index contributed by atoms with van der Waals surface area (Å²) in [7, 11) is -4.32. The summed E-state index contributed by atoms with van der Waals surface area (Å²) in [6, 6.07) is 6.80. The van der Waals surface area contributed by atoms with Gasteiger partial charge in [-0.15, -0.1) is 0 Å². The van der Waals surface area contributed by atoms with Gasteiger partial charge in [0.2, 0.25) is 0 Å². The Kier molecular flexibility index (Phi) is 4.57. The van der Waals surface area contributed by atoms with E-state index in [2.05, 4.69) is 4.72 Å².